The van der Waals surface area contributed by atoms with Gasteiger partial charge in [-0.25, -0.2) is 17.6 Å². The second-order valence-corrected chi connectivity index (χ2v) is 11.9. The summed E-state index contributed by atoms with van der Waals surface area (Å²) in [7, 11) is 0. The molecule has 0 atom stereocenters. The number of unbranched alkanes of at least 4 members (excludes halogenated alkanes) is 9. The fraction of sp³-hybridized carbons (Fsp3) is 0.618. The molecular weight excluding hydrogens is 608 g/mol. The van der Waals surface area contributed by atoms with Gasteiger partial charge < -0.3 is 9.47 Å². The lowest BCUT2D eigenvalue weighted by Crippen LogP contribution is -2.26. The molecule has 1 aliphatic carbocycles. The maximum Gasteiger partial charge on any atom is 0.314 e. The Morgan fingerprint density at radius 1 is 0.556 bits per heavy atom. The van der Waals surface area contributed by atoms with Crippen LogP contribution in [-0.4, -0.2) is 12.6 Å². The predicted octanol–water partition coefficient (Wildman–Crippen LogP) is 11.3. The van der Waals surface area contributed by atoms with Crippen LogP contribution in [0.5, 0.6) is 11.5 Å². The monoisotopic (exact) mass is 650 g/mol. The molecule has 0 unspecified atom stereocenters. The molecule has 0 aromatic heterocycles. The van der Waals surface area contributed by atoms with Crippen LogP contribution in [0.1, 0.15) is 117 Å². The molecule has 0 saturated heterocycles. The van der Waals surface area contributed by atoms with Crippen LogP contribution in [0, 0.1) is 58.4 Å². The average molecular weight is 651 g/mol. The number of hydrogen-bond donors (Lipinski definition) is 0. The second kappa shape index (κ2) is 17.7. The molecule has 1 fully saturated rings. The first-order chi connectivity index (χ1) is 21.5. The first-order valence-corrected chi connectivity index (χ1v) is 16.1. The molecule has 0 N–H and O–H groups in total. The highest BCUT2D eigenvalue weighted by Crippen LogP contribution is 2.42. The molecule has 3 rings (SSSR count). The fourth-order valence-corrected chi connectivity index (χ4v) is 5.84. The first kappa shape index (κ1) is 36.6. The van der Waals surface area contributed by atoms with Gasteiger partial charge in [0, 0.05) is 0 Å². The van der Waals surface area contributed by atoms with Crippen molar-refractivity contribution in [1.29, 1.82) is 0 Å². The molecule has 2 aromatic carbocycles. The molecule has 0 spiro atoms. The molecule has 45 heavy (non-hydrogen) atoms. The van der Waals surface area contributed by atoms with E-state index in [-0.39, 0.29) is 6.61 Å². The molecule has 252 valence electrons. The minimum absolute atomic E-state index is 0.301. The Bertz CT molecular complexity index is 1230. The first-order valence-electron chi connectivity index (χ1n) is 16.1. The molecular formula is C34H42F8O3. The summed E-state index contributed by atoms with van der Waals surface area (Å²) in [6.45, 7) is 3.85. The highest BCUT2D eigenvalue weighted by molar-refractivity contribution is 5.76. The number of benzene rings is 2. The van der Waals surface area contributed by atoms with Crippen molar-refractivity contribution in [2.45, 2.75) is 117 Å². The number of esters is 1. The molecule has 0 bridgehead atoms. The van der Waals surface area contributed by atoms with E-state index < -0.39 is 81.1 Å². The quantitative estimate of drug-likeness (QED) is 0.0562. The van der Waals surface area contributed by atoms with Crippen molar-refractivity contribution in [2.75, 3.05) is 6.61 Å². The van der Waals surface area contributed by atoms with E-state index in [4.69, 9.17) is 9.47 Å². The van der Waals surface area contributed by atoms with E-state index in [1.807, 2.05) is 6.92 Å². The highest BCUT2D eigenvalue weighted by atomic mass is 19.2. The number of carbonyl (C=O) groups excluding carboxylic acids is 1. The summed E-state index contributed by atoms with van der Waals surface area (Å²) in [6.07, 6.45) is 13.4. The fourth-order valence-electron chi connectivity index (χ4n) is 5.84. The topological polar surface area (TPSA) is 35.5 Å². The van der Waals surface area contributed by atoms with E-state index in [0.29, 0.717) is 44.4 Å². The van der Waals surface area contributed by atoms with Crippen LogP contribution in [0.3, 0.4) is 0 Å². The van der Waals surface area contributed by atoms with Gasteiger partial charge >= 0.3 is 5.97 Å². The maximum absolute atomic E-state index is 15.0. The van der Waals surface area contributed by atoms with E-state index in [0.717, 1.165) is 57.8 Å². The summed E-state index contributed by atoms with van der Waals surface area (Å²) < 4.78 is 129. The normalized spacial score (nSPS) is 16.7. The Labute approximate surface area is 259 Å². The third kappa shape index (κ3) is 9.12. The van der Waals surface area contributed by atoms with Crippen LogP contribution in [0.2, 0.25) is 0 Å². The molecule has 11 heteroatoms. The Balaban J connectivity index is 1.74. The molecule has 0 heterocycles. The standard InChI is InChI=1S/C34H42F8O3/c1-3-5-7-9-11-13-19-44-32-28(39)24(35)22(25(36)29(32)40)23-26(37)30(41)33(31(42)27(23)38)45-34(43)21-17-15-20(16-18-21)14-12-10-8-6-4-2/h20-21H,3-19H2,1-2H3. The Morgan fingerprint density at radius 3 is 1.47 bits per heavy atom. The molecule has 0 radical (unpaired) electrons. The van der Waals surface area contributed by atoms with Crippen molar-refractivity contribution in [1.82, 2.24) is 0 Å². The van der Waals surface area contributed by atoms with Gasteiger partial charge in [-0.05, 0) is 38.0 Å². The van der Waals surface area contributed by atoms with Crippen molar-refractivity contribution in [3.05, 3.63) is 46.5 Å². The van der Waals surface area contributed by atoms with Crippen LogP contribution >= 0.6 is 0 Å². The van der Waals surface area contributed by atoms with E-state index in [1.54, 1.807) is 0 Å². The third-order valence-electron chi connectivity index (χ3n) is 8.54. The molecule has 0 amide bonds. The molecule has 1 aliphatic rings. The summed E-state index contributed by atoms with van der Waals surface area (Å²) >= 11 is 0. The summed E-state index contributed by atoms with van der Waals surface area (Å²) in [5.41, 5.74) is -4.03. The SMILES string of the molecule is CCCCCCCCOc1c(F)c(F)c(-c2c(F)c(F)c(OC(=O)C3CCC(CCCCCCC)CC3)c(F)c2F)c(F)c1F. The van der Waals surface area contributed by atoms with Crippen molar-refractivity contribution in [3.8, 4) is 22.6 Å². The largest absolute Gasteiger partial charge is 0.487 e. The minimum Gasteiger partial charge on any atom is -0.487 e. The lowest BCUT2D eigenvalue weighted by molar-refractivity contribution is -0.140. The Morgan fingerprint density at radius 2 is 0.978 bits per heavy atom. The molecule has 1 saturated carbocycles. The van der Waals surface area contributed by atoms with Crippen LogP contribution < -0.4 is 9.47 Å². The van der Waals surface area contributed by atoms with E-state index in [9.17, 15) is 31.1 Å². The van der Waals surface area contributed by atoms with Gasteiger partial charge in [-0.3, -0.25) is 4.79 Å². The highest BCUT2D eigenvalue weighted by Gasteiger charge is 2.37. The second-order valence-electron chi connectivity index (χ2n) is 11.9. The Hall–Kier alpha value is -2.85. The van der Waals surface area contributed by atoms with Gasteiger partial charge in [0.15, 0.2) is 29.0 Å². The molecule has 2 aromatic rings. The zero-order chi connectivity index (χ0) is 33.1. The Kier molecular flexibility index (Phi) is 14.4. The average Bonchev–Trinajstić information content (AvgIpc) is 3.03. The van der Waals surface area contributed by atoms with Crippen molar-refractivity contribution >= 4 is 5.97 Å². The van der Waals surface area contributed by atoms with Crippen LogP contribution in [-0.2, 0) is 4.79 Å². The molecule has 3 nitrogen and oxygen atoms in total. The molecule has 0 aliphatic heterocycles. The zero-order valence-corrected chi connectivity index (χ0v) is 25.9. The number of rotatable bonds is 17. The van der Waals surface area contributed by atoms with Gasteiger partial charge in [-0.1, -0.05) is 84.5 Å². The summed E-state index contributed by atoms with van der Waals surface area (Å²) in [5, 5.41) is 0. The maximum atomic E-state index is 15.0. The smallest absolute Gasteiger partial charge is 0.314 e. The van der Waals surface area contributed by atoms with Gasteiger partial charge in [0.05, 0.1) is 23.7 Å². The number of hydrogen-bond acceptors (Lipinski definition) is 3. The van der Waals surface area contributed by atoms with Crippen molar-refractivity contribution in [2.24, 2.45) is 11.8 Å². The van der Waals surface area contributed by atoms with Crippen LogP contribution in [0.15, 0.2) is 0 Å². The van der Waals surface area contributed by atoms with Crippen LogP contribution in [0.25, 0.3) is 11.1 Å². The summed E-state index contributed by atoms with van der Waals surface area (Å²) in [4.78, 5) is 12.7. The summed E-state index contributed by atoms with van der Waals surface area (Å²) in [6, 6.07) is 0. The number of ether oxygens (including phenoxy) is 2. The van der Waals surface area contributed by atoms with Gasteiger partial charge in [-0.2, -0.15) is 17.6 Å². The number of halogens is 8. The number of carbonyl (C=O) groups is 1. The lowest BCUT2D eigenvalue weighted by Gasteiger charge is -2.27. The third-order valence-corrected chi connectivity index (χ3v) is 8.54. The summed E-state index contributed by atoms with van der Waals surface area (Å²) in [5.74, 6) is -22.9. The van der Waals surface area contributed by atoms with E-state index in [1.165, 1.54) is 6.42 Å². The zero-order valence-electron chi connectivity index (χ0n) is 25.9. The van der Waals surface area contributed by atoms with Crippen molar-refractivity contribution in [3.63, 3.8) is 0 Å². The van der Waals surface area contributed by atoms with Crippen molar-refractivity contribution < 1.29 is 49.4 Å². The van der Waals surface area contributed by atoms with Gasteiger partial charge in [0.25, 0.3) is 0 Å². The van der Waals surface area contributed by atoms with Crippen LogP contribution in [0.4, 0.5) is 35.1 Å². The van der Waals surface area contributed by atoms with E-state index >= 15 is 8.78 Å². The lowest BCUT2D eigenvalue weighted by atomic mass is 9.80. The van der Waals surface area contributed by atoms with Gasteiger partial charge in [-0.15, -0.1) is 0 Å². The van der Waals surface area contributed by atoms with Gasteiger partial charge in [0.1, 0.15) is 0 Å². The van der Waals surface area contributed by atoms with E-state index in [2.05, 4.69) is 6.92 Å². The van der Waals surface area contributed by atoms with Gasteiger partial charge in [0.2, 0.25) is 29.0 Å². The predicted molar refractivity (Wildman–Crippen MR) is 155 cm³/mol. The minimum atomic E-state index is -2.39.